The Morgan fingerprint density at radius 1 is 1.50 bits per heavy atom. The number of hydrogen-bond donors (Lipinski definition) is 3. The second-order valence-electron chi connectivity index (χ2n) is 3.77. The Hall–Kier alpha value is -2.41. The topological polar surface area (TPSA) is 99.9 Å². The van der Waals surface area contributed by atoms with E-state index in [2.05, 4.69) is 20.4 Å². The number of nitrogens with one attached hydrogen (secondary N) is 2. The molecular formula is C11H14N6O. The first-order chi connectivity index (χ1) is 8.70. The van der Waals surface area contributed by atoms with Crippen LogP contribution in [0.3, 0.4) is 0 Å². The lowest BCUT2D eigenvalue weighted by Gasteiger charge is -2.15. The predicted octanol–water partition coefficient (Wildman–Crippen LogP) is 0.362. The fourth-order valence-electron chi connectivity index (χ4n) is 1.51. The molecule has 0 unspecified atom stereocenters. The number of carbonyl (C=O) groups is 1. The van der Waals surface area contributed by atoms with Crippen LogP contribution in [0.15, 0.2) is 30.7 Å². The highest BCUT2D eigenvalue weighted by atomic mass is 16.2. The summed E-state index contributed by atoms with van der Waals surface area (Å²) in [5, 5.41) is 0. The number of carbonyl (C=O) groups excluding carboxylic acids is 1. The number of aromatic amines is 1. The third kappa shape index (κ3) is 2.64. The van der Waals surface area contributed by atoms with Crippen molar-refractivity contribution in [3.8, 4) is 0 Å². The van der Waals surface area contributed by atoms with Crippen molar-refractivity contribution < 1.29 is 4.79 Å². The predicted molar refractivity (Wildman–Crippen MR) is 66.4 cm³/mol. The summed E-state index contributed by atoms with van der Waals surface area (Å²) in [6.07, 6.45) is 4.85. The summed E-state index contributed by atoms with van der Waals surface area (Å²) in [4.78, 5) is 24.6. The van der Waals surface area contributed by atoms with Gasteiger partial charge in [0.15, 0.2) is 0 Å². The number of aromatic nitrogens is 3. The Balaban J connectivity index is 2.05. The number of hydrazine groups is 1. The molecule has 2 aromatic heterocycles. The summed E-state index contributed by atoms with van der Waals surface area (Å²) >= 11 is 0. The third-order valence-electron chi connectivity index (χ3n) is 2.45. The summed E-state index contributed by atoms with van der Waals surface area (Å²) < 4.78 is 0. The fourth-order valence-corrected chi connectivity index (χ4v) is 1.51. The van der Waals surface area contributed by atoms with Gasteiger partial charge in [-0.1, -0.05) is 0 Å². The van der Waals surface area contributed by atoms with Crippen molar-refractivity contribution >= 4 is 11.7 Å². The number of imidazole rings is 1. The van der Waals surface area contributed by atoms with E-state index in [1.165, 1.54) is 6.20 Å². The number of hydrogen-bond acceptors (Lipinski definition) is 5. The van der Waals surface area contributed by atoms with E-state index in [4.69, 9.17) is 5.84 Å². The van der Waals surface area contributed by atoms with Gasteiger partial charge in [0.25, 0.3) is 5.91 Å². The van der Waals surface area contributed by atoms with Crippen LogP contribution in [0.25, 0.3) is 0 Å². The molecule has 0 saturated carbocycles. The minimum absolute atomic E-state index is 0.123. The Labute approximate surface area is 104 Å². The van der Waals surface area contributed by atoms with Gasteiger partial charge in [0, 0.05) is 25.6 Å². The number of anilines is 1. The zero-order valence-corrected chi connectivity index (χ0v) is 9.92. The van der Waals surface area contributed by atoms with Crippen LogP contribution in [0.5, 0.6) is 0 Å². The van der Waals surface area contributed by atoms with Crippen molar-refractivity contribution in [2.24, 2.45) is 5.84 Å². The number of rotatable bonds is 4. The molecular weight excluding hydrogens is 232 g/mol. The zero-order chi connectivity index (χ0) is 13.0. The number of H-pyrrole nitrogens is 1. The molecule has 0 aliphatic carbocycles. The molecule has 0 spiro atoms. The number of nitrogens with two attached hydrogens (primary N) is 1. The average Bonchev–Trinajstić information content (AvgIpc) is 2.91. The molecule has 2 heterocycles. The van der Waals surface area contributed by atoms with E-state index >= 15 is 0 Å². The van der Waals surface area contributed by atoms with Crippen LogP contribution in [0.2, 0.25) is 0 Å². The molecule has 1 amide bonds. The molecule has 2 aromatic rings. The molecule has 2 rings (SSSR count). The van der Waals surface area contributed by atoms with Gasteiger partial charge in [-0.05, 0) is 12.1 Å². The molecule has 0 aromatic carbocycles. The SMILES string of the molecule is CN(Cc1ncc[nH]1)C(=O)c1ccc(NN)nc1. The molecule has 0 aliphatic heterocycles. The lowest BCUT2D eigenvalue weighted by atomic mass is 10.2. The second kappa shape index (κ2) is 5.28. The highest BCUT2D eigenvalue weighted by Gasteiger charge is 2.13. The van der Waals surface area contributed by atoms with Gasteiger partial charge in [-0.2, -0.15) is 0 Å². The first-order valence-corrected chi connectivity index (χ1v) is 5.37. The molecule has 94 valence electrons. The van der Waals surface area contributed by atoms with Gasteiger partial charge in [0.1, 0.15) is 11.6 Å². The van der Waals surface area contributed by atoms with E-state index in [0.717, 1.165) is 5.82 Å². The van der Waals surface area contributed by atoms with Crippen molar-refractivity contribution in [2.45, 2.75) is 6.54 Å². The van der Waals surface area contributed by atoms with Gasteiger partial charge in [-0.15, -0.1) is 0 Å². The molecule has 7 heteroatoms. The number of amides is 1. The van der Waals surface area contributed by atoms with E-state index in [0.29, 0.717) is 17.9 Å². The van der Waals surface area contributed by atoms with Gasteiger partial charge >= 0.3 is 0 Å². The summed E-state index contributed by atoms with van der Waals surface area (Å²) in [7, 11) is 1.71. The molecule has 7 nitrogen and oxygen atoms in total. The largest absolute Gasteiger partial charge is 0.347 e. The molecule has 0 atom stereocenters. The third-order valence-corrected chi connectivity index (χ3v) is 2.45. The standard InChI is InChI=1S/C11H14N6O/c1-17(7-10-13-4-5-14-10)11(18)8-2-3-9(16-12)15-6-8/h2-6H,7,12H2,1H3,(H,13,14)(H,15,16). The zero-order valence-electron chi connectivity index (χ0n) is 9.92. The first kappa shape index (κ1) is 12.1. The minimum Gasteiger partial charge on any atom is -0.347 e. The van der Waals surface area contributed by atoms with Crippen molar-refractivity contribution in [1.82, 2.24) is 19.9 Å². The monoisotopic (exact) mass is 246 g/mol. The van der Waals surface area contributed by atoms with Crippen LogP contribution in [-0.2, 0) is 6.54 Å². The molecule has 4 N–H and O–H groups in total. The Morgan fingerprint density at radius 2 is 2.33 bits per heavy atom. The van der Waals surface area contributed by atoms with E-state index in [-0.39, 0.29) is 5.91 Å². The maximum absolute atomic E-state index is 12.1. The molecule has 0 aliphatic rings. The Morgan fingerprint density at radius 3 is 2.89 bits per heavy atom. The van der Waals surface area contributed by atoms with Crippen LogP contribution in [0, 0.1) is 0 Å². The smallest absolute Gasteiger partial charge is 0.255 e. The van der Waals surface area contributed by atoms with Crippen LogP contribution >= 0.6 is 0 Å². The van der Waals surface area contributed by atoms with Gasteiger partial charge in [0.05, 0.1) is 12.1 Å². The van der Waals surface area contributed by atoms with E-state index in [1.54, 1.807) is 36.5 Å². The van der Waals surface area contributed by atoms with Gasteiger partial charge in [0.2, 0.25) is 0 Å². The van der Waals surface area contributed by atoms with Crippen LogP contribution in [-0.4, -0.2) is 32.8 Å². The summed E-state index contributed by atoms with van der Waals surface area (Å²) in [6, 6.07) is 3.32. The minimum atomic E-state index is -0.123. The number of nitrogen functional groups attached to an aromatic ring is 1. The maximum atomic E-state index is 12.1. The number of pyridine rings is 1. The quantitative estimate of drug-likeness (QED) is 0.534. The Kier molecular flexibility index (Phi) is 3.54. The number of nitrogens with zero attached hydrogens (tertiary/aromatic N) is 3. The van der Waals surface area contributed by atoms with Gasteiger partial charge in [-0.25, -0.2) is 15.8 Å². The van der Waals surface area contributed by atoms with Crippen LogP contribution in [0.1, 0.15) is 16.2 Å². The summed E-state index contributed by atoms with van der Waals surface area (Å²) in [5.41, 5.74) is 2.91. The van der Waals surface area contributed by atoms with Crippen LogP contribution in [0.4, 0.5) is 5.82 Å². The maximum Gasteiger partial charge on any atom is 0.255 e. The lowest BCUT2D eigenvalue weighted by molar-refractivity contribution is 0.0781. The molecule has 0 fully saturated rings. The highest BCUT2D eigenvalue weighted by Crippen LogP contribution is 2.07. The van der Waals surface area contributed by atoms with E-state index < -0.39 is 0 Å². The van der Waals surface area contributed by atoms with Crippen LogP contribution < -0.4 is 11.3 Å². The molecule has 0 bridgehead atoms. The summed E-state index contributed by atoms with van der Waals surface area (Å²) in [6.45, 7) is 0.419. The Bertz CT molecular complexity index is 507. The average molecular weight is 246 g/mol. The molecule has 0 saturated heterocycles. The summed E-state index contributed by atoms with van der Waals surface area (Å²) in [5.74, 6) is 6.33. The van der Waals surface area contributed by atoms with Crippen molar-refractivity contribution in [2.75, 3.05) is 12.5 Å². The van der Waals surface area contributed by atoms with Crippen molar-refractivity contribution in [3.63, 3.8) is 0 Å². The fraction of sp³-hybridized carbons (Fsp3) is 0.182. The first-order valence-electron chi connectivity index (χ1n) is 5.37. The van der Waals surface area contributed by atoms with E-state index in [1.807, 2.05) is 0 Å². The highest BCUT2D eigenvalue weighted by molar-refractivity contribution is 5.93. The van der Waals surface area contributed by atoms with Crippen molar-refractivity contribution in [1.29, 1.82) is 0 Å². The lowest BCUT2D eigenvalue weighted by Crippen LogP contribution is -2.26. The van der Waals surface area contributed by atoms with E-state index in [9.17, 15) is 4.79 Å². The van der Waals surface area contributed by atoms with Gasteiger partial charge < -0.3 is 15.3 Å². The molecule has 18 heavy (non-hydrogen) atoms. The van der Waals surface area contributed by atoms with Crippen molar-refractivity contribution in [3.05, 3.63) is 42.1 Å². The second-order valence-corrected chi connectivity index (χ2v) is 3.77. The van der Waals surface area contributed by atoms with Gasteiger partial charge in [-0.3, -0.25) is 4.79 Å². The normalized spacial score (nSPS) is 10.1. The molecule has 0 radical (unpaired) electrons.